The Morgan fingerprint density at radius 3 is 2.76 bits per heavy atom. The number of methoxy groups -OCH3 is 1. The van der Waals surface area contributed by atoms with Crippen LogP contribution in [0.15, 0.2) is 54.6 Å². The van der Waals surface area contributed by atoms with E-state index in [4.69, 9.17) is 4.74 Å². The van der Waals surface area contributed by atoms with Crippen LogP contribution in [0.5, 0.6) is 5.75 Å². The Hall–Kier alpha value is -3.08. The van der Waals surface area contributed by atoms with Gasteiger partial charge in [-0.15, -0.1) is 0 Å². The van der Waals surface area contributed by atoms with Crippen molar-refractivity contribution in [3.8, 4) is 17.0 Å². The van der Waals surface area contributed by atoms with Gasteiger partial charge in [-0.25, -0.2) is 0 Å². The summed E-state index contributed by atoms with van der Waals surface area (Å²) in [5.74, 6) is 0.785. The molecule has 0 aliphatic heterocycles. The Morgan fingerprint density at radius 1 is 1.16 bits per heavy atom. The number of benzene rings is 2. The Morgan fingerprint density at radius 2 is 2.00 bits per heavy atom. The van der Waals surface area contributed by atoms with Gasteiger partial charge >= 0.3 is 0 Å². The SMILES string of the molecule is COc1ccccc1CCC(=O)Nc1cccc(-c2cc(C)[nH]n2)c1. The highest BCUT2D eigenvalue weighted by atomic mass is 16.5. The van der Waals surface area contributed by atoms with E-state index < -0.39 is 0 Å². The molecule has 1 heterocycles. The van der Waals surface area contributed by atoms with E-state index in [1.165, 1.54) is 0 Å². The highest BCUT2D eigenvalue weighted by Gasteiger charge is 2.08. The highest BCUT2D eigenvalue weighted by Crippen LogP contribution is 2.22. The van der Waals surface area contributed by atoms with Gasteiger partial charge in [0, 0.05) is 23.4 Å². The topological polar surface area (TPSA) is 67.0 Å². The monoisotopic (exact) mass is 335 g/mol. The fourth-order valence-corrected chi connectivity index (χ4v) is 2.70. The number of aromatic amines is 1. The fraction of sp³-hybridized carbons (Fsp3) is 0.200. The van der Waals surface area contributed by atoms with Crippen molar-refractivity contribution in [2.24, 2.45) is 0 Å². The number of para-hydroxylation sites is 1. The van der Waals surface area contributed by atoms with Crippen LogP contribution in [0.4, 0.5) is 5.69 Å². The second-order valence-electron chi connectivity index (χ2n) is 5.88. The zero-order valence-corrected chi connectivity index (χ0v) is 14.4. The second kappa shape index (κ2) is 7.66. The van der Waals surface area contributed by atoms with Crippen molar-refractivity contribution in [3.05, 3.63) is 65.9 Å². The van der Waals surface area contributed by atoms with E-state index in [-0.39, 0.29) is 5.91 Å². The first kappa shape index (κ1) is 16.8. The molecule has 0 radical (unpaired) electrons. The summed E-state index contributed by atoms with van der Waals surface area (Å²) in [7, 11) is 1.64. The van der Waals surface area contributed by atoms with Gasteiger partial charge in [0.15, 0.2) is 0 Å². The average molecular weight is 335 g/mol. The molecule has 2 N–H and O–H groups in total. The minimum atomic E-state index is -0.0266. The normalized spacial score (nSPS) is 10.5. The summed E-state index contributed by atoms with van der Waals surface area (Å²) in [6, 6.07) is 17.4. The Labute approximate surface area is 147 Å². The van der Waals surface area contributed by atoms with Crippen molar-refractivity contribution >= 4 is 11.6 Å². The second-order valence-corrected chi connectivity index (χ2v) is 5.88. The Balaban J connectivity index is 1.63. The summed E-state index contributed by atoms with van der Waals surface area (Å²) < 4.78 is 5.32. The molecule has 0 atom stereocenters. The molecule has 5 heteroatoms. The van der Waals surface area contributed by atoms with E-state index in [2.05, 4.69) is 15.5 Å². The van der Waals surface area contributed by atoms with E-state index in [0.29, 0.717) is 12.8 Å². The number of anilines is 1. The van der Waals surface area contributed by atoms with Crippen molar-refractivity contribution in [1.82, 2.24) is 10.2 Å². The first-order valence-electron chi connectivity index (χ1n) is 8.20. The molecule has 0 unspecified atom stereocenters. The number of nitrogens with one attached hydrogen (secondary N) is 2. The summed E-state index contributed by atoms with van der Waals surface area (Å²) in [6.45, 7) is 1.96. The zero-order valence-electron chi connectivity index (χ0n) is 14.4. The Bertz CT molecular complexity index is 871. The van der Waals surface area contributed by atoms with Crippen molar-refractivity contribution < 1.29 is 9.53 Å². The lowest BCUT2D eigenvalue weighted by Crippen LogP contribution is -2.12. The van der Waals surface area contributed by atoms with E-state index in [9.17, 15) is 4.79 Å². The van der Waals surface area contributed by atoms with Crippen LogP contribution >= 0.6 is 0 Å². The molecule has 1 aromatic heterocycles. The van der Waals surface area contributed by atoms with Crippen LogP contribution in [0.1, 0.15) is 17.7 Å². The predicted octanol–water partition coefficient (Wildman–Crippen LogP) is 3.97. The maximum atomic E-state index is 12.3. The van der Waals surface area contributed by atoms with Crippen LogP contribution in [0.25, 0.3) is 11.3 Å². The molecule has 5 nitrogen and oxygen atoms in total. The van der Waals surface area contributed by atoms with Gasteiger partial charge in [-0.05, 0) is 43.2 Å². The van der Waals surface area contributed by atoms with E-state index in [0.717, 1.165) is 34.0 Å². The van der Waals surface area contributed by atoms with Crippen LogP contribution in [-0.4, -0.2) is 23.2 Å². The largest absolute Gasteiger partial charge is 0.496 e. The van der Waals surface area contributed by atoms with Crippen LogP contribution in [0.3, 0.4) is 0 Å². The van der Waals surface area contributed by atoms with E-state index >= 15 is 0 Å². The van der Waals surface area contributed by atoms with Crippen molar-refractivity contribution in [1.29, 1.82) is 0 Å². The van der Waals surface area contributed by atoms with Gasteiger partial charge in [0.05, 0.1) is 12.8 Å². The third kappa shape index (κ3) is 4.26. The first-order valence-corrected chi connectivity index (χ1v) is 8.20. The molecule has 0 bridgehead atoms. The van der Waals surface area contributed by atoms with Crippen LogP contribution in [0, 0.1) is 6.92 Å². The number of aryl methyl sites for hydroxylation is 2. The summed E-state index contributed by atoms with van der Waals surface area (Å²) in [5.41, 5.74) is 4.62. The number of hydrogen-bond donors (Lipinski definition) is 2. The van der Waals surface area contributed by atoms with Crippen molar-refractivity contribution in [2.75, 3.05) is 12.4 Å². The minimum Gasteiger partial charge on any atom is -0.496 e. The summed E-state index contributed by atoms with van der Waals surface area (Å²) in [4.78, 5) is 12.3. The first-order chi connectivity index (χ1) is 12.2. The Kier molecular flexibility index (Phi) is 5.14. The van der Waals surface area contributed by atoms with Crippen LogP contribution < -0.4 is 10.1 Å². The third-order valence-electron chi connectivity index (χ3n) is 3.96. The van der Waals surface area contributed by atoms with Gasteiger partial charge in [-0.1, -0.05) is 30.3 Å². The van der Waals surface area contributed by atoms with Gasteiger partial charge in [-0.3, -0.25) is 9.89 Å². The quantitative estimate of drug-likeness (QED) is 0.716. The maximum absolute atomic E-state index is 12.3. The number of nitrogens with zero attached hydrogens (tertiary/aromatic N) is 1. The van der Waals surface area contributed by atoms with Crippen molar-refractivity contribution in [3.63, 3.8) is 0 Å². The summed E-state index contributed by atoms with van der Waals surface area (Å²) in [5, 5.41) is 10.1. The van der Waals surface area contributed by atoms with E-state index in [1.807, 2.05) is 61.5 Å². The fourth-order valence-electron chi connectivity index (χ4n) is 2.70. The lowest BCUT2D eigenvalue weighted by Gasteiger charge is -2.09. The molecular weight excluding hydrogens is 314 g/mol. The van der Waals surface area contributed by atoms with E-state index in [1.54, 1.807) is 7.11 Å². The van der Waals surface area contributed by atoms with Gasteiger partial charge in [0.2, 0.25) is 5.91 Å². The molecule has 2 aromatic carbocycles. The smallest absolute Gasteiger partial charge is 0.224 e. The highest BCUT2D eigenvalue weighted by molar-refractivity contribution is 5.91. The average Bonchev–Trinajstić information content (AvgIpc) is 3.07. The number of aromatic nitrogens is 2. The number of carbonyl (C=O) groups is 1. The molecule has 128 valence electrons. The molecule has 0 spiro atoms. The molecule has 0 aliphatic rings. The summed E-state index contributed by atoms with van der Waals surface area (Å²) in [6.07, 6.45) is 1.03. The number of rotatable bonds is 6. The van der Waals surface area contributed by atoms with Gasteiger partial charge in [0.25, 0.3) is 0 Å². The van der Waals surface area contributed by atoms with Gasteiger partial charge in [-0.2, -0.15) is 5.10 Å². The molecule has 3 rings (SSSR count). The lowest BCUT2D eigenvalue weighted by atomic mass is 10.1. The number of amides is 1. The van der Waals surface area contributed by atoms with Gasteiger partial charge < -0.3 is 10.1 Å². The molecule has 0 saturated heterocycles. The molecule has 0 aliphatic carbocycles. The molecule has 3 aromatic rings. The molecule has 25 heavy (non-hydrogen) atoms. The van der Waals surface area contributed by atoms with Crippen LogP contribution in [0.2, 0.25) is 0 Å². The summed E-state index contributed by atoms with van der Waals surface area (Å²) >= 11 is 0. The maximum Gasteiger partial charge on any atom is 0.224 e. The van der Waals surface area contributed by atoms with Crippen LogP contribution in [-0.2, 0) is 11.2 Å². The van der Waals surface area contributed by atoms with Crippen molar-refractivity contribution in [2.45, 2.75) is 19.8 Å². The number of H-pyrrole nitrogens is 1. The number of carbonyl (C=O) groups excluding carboxylic acids is 1. The standard InChI is InChI=1S/C20H21N3O2/c1-14-12-18(23-22-14)16-7-5-8-17(13-16)21-20(24)11-10-15-6-3-4-9-19(15)25-2/h3-9,12-13H,10-11H2,1-2H3,(H,21,24)(H,22,23). The lowest BCUT2D eigenvalue weighted by molar-refractivity contribution is -0.116. The zero-order chi connectivity index (χ0) is 17.6. The predicted molar refractivity (Wildman–Crippen MR) is 98.7 cm³/mol. The number of ether oxygens (including phenoxy) is 1. The molecular formula is C20H21N3O2. The molecule has 1 amide bonds. The van der Waals surface area contributed by atoms with Gasteiger partial charge in [0.1, 0.15) is 5.75 Å². The third-order valence-corrected chi connectivity index (χ3v) is 3.96. The molecule has 0 saturated carbocycles. The number of hydrogen-bond acceptors (Lipinski definition) is 3. The molecule has 0 fully saturated rings. The minimum absolute atomic E-state index is 0.0266.